The topological polar surface area (TPSA) is 61.2 Å². The fraction of sp³-hybridized carbons (Fsp3) is 0.267. The number of hydrogen-bond acceptors (Lipinski definition) is 4. The Morgan fingerprint density at radius 1 is 1.35 bits per heavy atom. The molecule has 20 heavy (non-hydrogen) atoms. The first-order valence-electron chi connectivity index (χ1n) is 6.39. The summed E-state index contributed by atoms with van der Waals surface area (Å²) in [6, 6.07) is 6.64. The van der Waals surface area contributed by atoms with E-state index in [4.69, 9.17) is 4.74 Å². The number of carbonyl (C=O) groups is 1. The molecule has 0 aliphatic heterocycles. The predicted octanol–water partition coefficient (Wildman–Crippen LogP) is 1.89. The summed E-state index contributed by atoms with van der Waals surface area (Å²) >= 11 is 0. The lowest BCUT2D eigenvalue weighted by atomic mass is 10.1. The van der Waals surface area contributed by atoms with Crippen LogP contribution in [-0.4, -0.2) is 21.9 Å². The van der Waals surface area contributed by atoms with Crippen molar-refractivity contribution in [1.29, 1.82) is 0 Å². The highest BCUT2D eigenvalue weighted by Crippen LogP contribution is 2.21. The van der Waals surface area contributed by atoms with Crippen LogP contribution in [0.4, 0.5) is 0 Å². The average molecular weight is 272 g/mol. The van der Waals surface area contributed by atoms with E-state index in [1.165, 1.54) is 30.1 Å². The van der Waals surface area contributed by atoms with Gasteiger partial charge in [-0.15, -0.1) is 0 Å². The largest absolute Gasteiger partial charge is 0.494 e. The van der Waals surface area contributed by atoms with Crippen LogP contribution < -0.4 is 10.3 Å². The van der Waals surface area contributed by atoms with Crippen LogP contribution in [0.15, 0.2) is 41.6 Å². The monoisotopic (exact) mass is 272 g/mol. The van der Waals surface area contributed by atoms with Crippen molar-refractivity contribution in [3.05, 3.63) is 58.3 Å². The molecule has 104 valence electrons. The van der Waals surface area contributed by atoms with Crippen molar-refractivity contribution in [2.45, 2.75) is 20.4 Å². The minimum absolute atomic E-state index is 0.0205. The van der Waals surface area contributed by atoms with Crippen LogP contribution in [0, 0.1) is 0 Å². The molecule has 0 fully saturated rings. The summed E-state index contributed by atoms with van der Waals surface area (Å²) in [7, 11) is 0. The third-order valence-electron chi connectivity index (χ3n) is 2.90. The van der Waals surface area contributed by atoms with Crippen LogP contribution in [0.3, 0.4) is 0 Å². The smallest absolute Gasteiger partial charge is 0.253 e. The maximum absolute atomic E-state index is 11.7. The Kier molecular flexibility index (Phi) is 4.30. The molecule has 5 nitrogen and oxygen atoms in total. The third kappa shape index (κ3) is 3.12. The van der Waals surface area contributed by atoms with Gasteiger partial charge in [0.25, 0.3) is 5.56 Å². The Hall–Kier alpha value is -2.43. The first kappa shape index (κ1) is 14.0. The Morgan fingerprint density at radius 2 is 2.15 bits per heavy atom. The molecule has 0 unspecified atom stereocenters. The summed E-state index contributed by atoms with van der Waals surface area (Å²) < 4.78 is 7.01. The van der Waals surface area contributed by atoms with E-state index in [0.29, 0.717) is 24.5 Å². The highest BCUT2D eigenvalue weighted by atomic mass is 16.5. The number of Topliss-reactive ketones (excluding diaryl/α,β-unsaturated/α-hetero) is 1. The molecule has 1 aromatic carbocycles. The molecule has 2 rings (SSSR count). The van der Waals surface area contributed by atoms with Gasteiger partial charge in [0.15, 0.2) is 5.78 Å². The van der Waals surface area contributed by atoms with Gasteiger partial charge >= 0.3 is 0 Å². The number of nitrogens with zero attached hydrogens (tertiary/aromatic N) is 2. The third-order valence-corrected chi connectivity index (χ3v) is 2.90. The van der Waals surface area contributed by atoms with E-state index in [1.807, 2.05) is 6.92 Å². The Morgan fingerprint density at radius 3 is 2.80 bits per heavy atom. The minimum atomic E-state index is -0.143. The number of ketones is 1. The minimum Gasteiger partial charge on any atom is -0.494 e. The lowest BCUT2D eigenvalue weighted by Crippen LogP contribution is -2.20. The second kappa shape index (κ2) is 6.14. The van der Waals surface area contributed by atoms with Crippen molar-refractivity contribution in [2.24, 2.45) is 0 Å². The zero-order chi connectivity index (χ0) is 14.5. The molecule has 0 saturated heterocycles. The maximum Gasteiger partial charge on any atom is 0.253 e. The number of rotatable bonds is 5. The fourth-order valence-corrected chi connectivity index (χ4v) is 1.90. The van der Waals surface area contributed by atoms with Crippen molar-refractivity contribution in [1.82, 2.24) is 9.55 Å². The molecular formula is C15H16N2O3. The van der Waals surface area contributed by atoms with Gasteiger partial charge in [0.05, 0.1) is 19.5 Å². The van der Waals surface area contributed by atoms with Gasteiger partial charge in [0, 0.05) is 23.4 Å². The maximum atomic E-state index is 11.7. The number of ether oxygens (including phenoxy) is 1. The summed E-state index contributed by atoms with van der Waals surface area (Å²) in [5.41, 5.74) is 1.24. The summed E-state index contributed by atoms with van der Waals surface area (Å²) in [6.07, 6.45) is 2.92. The second-order valence-electron chi connectivity index (χ2n) is 4.36. The SMILES string of the molecule is CCOc1ccc(C(C)=O)cc1Cn1cnccc1=O. The molecule has 0 amide bonds. The second-order valence-corrected chi connectivity index (χ2v) is 4.36. The molecule has 0 spiro atoms. The molecule has 0 N–H and O–H groups in total. The molecule has 0 aliphatic carbocycles. The summed E-state index contributed by atoms with van der Waals surface area (Å²) in [6.45, 7) is 4.24. The lowest BCUT2D eigenvalue weighted by molar-refractivity contribution is 0.101. The first-order valence-corrected chi connectivity index (χ1v) is 6.39. The van der Waals surface area contributed by atoms with Crippen molar-refractivity contribution in [3.8, 4) is 5.75 Å². The van der Waals surface area contributed by atoms with Crippen LogP contribution in [0.1, 0.15) is 29.8 Å². The van der Waals surface area contributed by atoms with Gasteiger partial charge < -0.3 is 4.74 Å². The number of carbonyl (C=O) groups excluding carboxylic acids is 1. The number of aromatic nitrogens is 2. The van der Waals surface area contributed by atoms with Gasteiger partial charge in [-0.2, -0.15) is 0 Å². The standard InChI is InChI=1S/C15H16N2O3/c1-3-20-14-5-4-12(11(2)18)8-13(14)9-17-10-16-7-6-15(17)19/h4-8,10H,3,9H2,1-2H3. The molecule has 1 heterocycles. The summed E-state index contributed by atoms with van der Waals surface area (Å²) in [4.78, 5) is 27.1. The molecule has 0 atom stereocenters. The van der Waals surface area contributed by atoms with E-state index in [-0.39, 0.29) is 11.3 Å². The van der Waals surface area contributed by atoms with Gasteiger partial charge in [-0.05, 0) is 32.0 Å². The van der Waals surface area contributed by atoms with E-state index in [2.05, 4.69) is 4.98 Å². The molecule has 1 aromatic heterocycles. The van der Waals surface area contributed by atoms with E-state index in [1.54, 1.807) is 18.2 Å². The Bertz CT molecular complexity index is 677. The summed E-state index contributed by atoms with van der Waals surface area (Å²) in [5.74, 6) is 0.654. The van der Waals surface area contributed by atoms with Gasteiger partial charge in [-0.3, -0.25) is 14.2 Å². The van der Waals surface area contributed by atoms with Crippen LogP contribution in [-0.2, 0) is 6.54 Å². The fourth-order valence-electron chi connectivity index (χ4n) is 1.90. The Balaban J connectivity index is 2.42. The van der Waals surface area contributed by atoms with E-state index >= 15 is 0 Å². The Labute approximate surface area is 116 Å². The number of benzene rings is 1. The molecule has 0 bridgehead atoms. The van der Waals surface area contributed by atoms with Crippen molar-refractivity contribution in [3.63, 3.8) is 0 Å². The van der Waals surface area contributed by atoms with Crippen LogP contribution >= 0.6 is 0 Å². The lowest BCUT2D eigenvalue weighted by Gasteiger charge is -2.12. The predicted molar refractivity (Wildman–Crippen MR) is 75.2 cm³/mol. The van der Waals surface area contributed by atoms with E-state index in [9.17, 15) is 9.59 Å². The highest BCUT2D eigenvalue weighted by Gasteiger charge is 2.09. The molecule has 2 aromatic rings. The van der Waals surface area contributed by atoms with Crippen molar-refractivity contribution < 1.29 is 9.53 Å². The molecule has 0 aliphatic rings. The average Bonchev–Trinajstić information content (AvgIpc) is 2.43. The van der Waals surface area contributed by atoms with Gasteiger partial charge in [-0.1, -0.05) is 0 Å². The van der Waals surface area contributed by atoms with Crippen LogP contribution in [0.5, 0.6) is 5.75 Å². The normalized spacial score (nSPS) is 10.3. The van der Waals surface area contributed by atoms with Crippen molar-refractivity contribution in [2.75, 3.05) is 6.61 Å². The molecule has 0 saturated carbocycles. The van der Waals surface area contributed by atoms with Gasteiger partial charge in [-0.25, -0.2) is 4.98 Å². The zero-order valence-corrected chi connectivity index (χ0v) is 11.5. The van der Waals surface area contributed by atoms with E-state index in [0.717, 1.165) is 5.56 Å². The molecule has 0 radical (unpaired) electrons. The summed E-state index contributed by atoms with van der Waals surface area (Å²) in [5, 5.41) is 0. The molecule has 5 heteroatoms. The molecular weight excluding hydrogens is 256 g/mol. The van der Waals surface area contributed by atoms with E-state index < -0.39 is 0 Å². The first-order chi connectivity index (χ1) is 9.61. The van der Waals surface area contributed by atoms with Crippen molar-refractivity contribution >= 4 is 5.78 Å². The number of hydrogen-bond donors (Lipinski definition) is 0. The quantitative estimate of drug-likeness (QED) is 0.780. The van der Waals surface area contributed by atoms with Gasteiger partial charge in [0.2, 0.25) is 0 Å². The van der Waals surface area contributed by atoms with Crippen LogP contribution in [0.2, 0.25) is 0 Å². The van der Waals surface area contributed by atoms with Crippen LogP contribution in [0.25, 0.3) is 0 Å². The highest BCUT2D eigenvalue weighted by molar-refractivity contribution is 5.94. The van der Waals surface area contributed by atoms with Gasteiger partial charge in [0.1, 0.15) is 5.75 Å². The zero-order valence-electron chi connectivity index (χ0n) is 11.5.